The lowest BCUT2D eigenvalue weighted by molar-refractivity contribution is -0.117. The van der Waals surface area contributed by atoms with Gasteiger partial charge in [-0.3, -0.25) is 4.79 Å². The largest absolute Gasteiger partial charge is 0.394 e. The van der Waals surface area contributed by atoms with E-state index in [2.05, 4.69) is 5.32 Å². The van der Waals surface area contributed by atoms with E-state index in [-0.39, 0.29) is 18.6 Å². The molecule has 1 aromatic rings. The molecule has 0 unspecified atom stereocenters. The van der Waals surface area contributed by atoms with Crippen LogP contribution in [0.25, 0.3) is 6.08 Å². The van der Waals surface area contributed by atoms with Crippen LogP contribution >= 0.6 is 23.2 Å². The molecular formula is C13H15Cl2NO2. The first-order valence-corrected chi connectivity index (χ1v) is 6.37. The van der Waals surface area contributed by atoms with Crippen LogP contribution in [0.5, 0.6) is 0 Å². The molecule has 1 atom stereocenters. The van der Waals surface area contributed by atoms with Crippen LogP contribution in [0, 0.1) is 0 Å². The maximum absolute atomic E-state index is 11.6. The second-order valence-corrected chi connectivity index (χ2v) is 4.58. The number of carbonyl (C=O) groups is 1. The summed E-state index contributed by atoms with van der Waals surface area (Å²) in [7, 11) is 0. The predicted octanol–water partition coefficient (Wildman–Crippen LogP) is 2.89. The van der Waals surface area contributed by atoms with Gasteiger partial charge in [-0.25, -0.2) is 0 Å². The molecule has 0 aliphatic carbocycles. The van der Waals surface area contributed by atoms with E-state index in [1.807, 2.05) is 6.92 Å². The summed E-state index contributed by atoms with van der Waals surface area (Å²) >= 11 is 11.9. The van der Waals surface area contributed by atoms with Gasteiger partial charge in [0.2, 0.25) is 5.91 Å². The number of hydrogen-bond donors (Lipinski definition) is 2. The van der Waals surface area contributed by atoms with E-state index < -0.39 is 0 Å². The van der Waals surface area contributed by atoms with E-state index in [9.17, 15) is 4.79 Å². The quantitative estimate of drug-likeness (QED) is 0.818. The van der Waals surface area contributed by atoms with Gasteiger partial charge < -0.3 is 10.4 Å². The zero-order valence-electron chi connectivity index (χ0n) is 9.99. The zero-order chi connectivity index (χ0) is 13.5. The Morgan fingerprint density at radius 1 is 1.44 bits per heavy atom. The summed E-state index contributed by atoms with van der Waals surface area (Å²) < 4.78 is 0. The summed E-state index contributed by atoms with van der Waals surface area (Å²) in [6.45, 7) is 1.80. The summed E-state index contributed by atoms with van der Waals surface area (Å²) in [4.78, 5) is 11.6. The smallest absolute Gasteiger partial charge is 0.244 e. The third kappa shape index (κ3) is 4.33. The molecule has 0 aromatic heterocycles. The molecule has 1 rings (SSSR count). The van der Waals surface area contributed by atoms with Crippen molar-refractivity contribution in [3.63, 3.8) is 0 Å². The molecule has 98 valence electrons. The molecule has 0 bridgehead atoms. The number of halogens is 2. The molecule has 0 radical (unpaired) electrons. The maximum Gasteiger partial charge on any atom is 0.244 e. The van der Waals surface area contributed by atoms with Crippen molar-refractivity contribution < 1.29 is 9.90 Å². The standard InChI is InChI=1S/C13H15Cl2NO2/c1-2-9(8-17)16-13(18)7-6-10-11(14)4-3-5-12(10)15/h3-7,9,17H,2,8H2,1H3,(H,16,18)/b7-6+/t9-/m0/s1. The Balaban J connectivity index is 2.72. The highest BCUT2D eigenvalue weighted by molar-refractivity contribution is 6.37. The highest BCUT2D eigenvalue weighted by atomic mass is 35.5. The van der Waals surface area contributed by atoms with Crippen molar-refractivity contribution in [3.05, 3.63) is 39.9 Å². The molecule has 1 amide bonds. The summed E-state index contributed by atoms with van der Waals surface area (Å²) in [6.07, 6.45) is 3.58. The fraction of sp³-hybridized carbons (Fsp3) is 0.308. The van der Waals surface area contributed by atoms with Gasteiger partial charge in [-0.05, 0) is 24.6 Å². The molecule has 2 N–H and O–H groups in total. The molecule has 0 heterocycles. The van der Waals surface area contributed by atoms with Crippen molar-refractivity contribution in [1.82, 2.24) is 5.32 Å². The lowest BCUT2D eigenvalue weighted by Crippen LogP contribution is -2.35. The van der Waals surface area contributed by atoms with Gasteiger partial charge >= 0.3 is 0 Å². The molecule has 0 spiro atoms. The average Bonchev–Trinajstić information content (AvgIpc) is 2.35. The van der Waals surface area contributed by atoms with Crippen LogP contribution in [0.1, 0.15) is 18.9 Å². The Labute approximate surface area is 116 Å². The first-order chi connectivity index (χ1) is 8.58. The zero-order valence-corrected chi connectivity index (χ0v) is 11.5. The van der Waals surface area contributed by atoms with E-state index in [1.54, 1.807) is 24.3 Å². The number of amides is 1. The number of hydrogen-bond acceptors (Lipinski definition) is 2. The van der Waals surface area contributed by atoms with E-state index in [0.29, 0.717) is 22.0 Å². The van der Waals surface area contributed by atoms with Gasteiger partial charge in [-0.1, -0.05) is 36.2 Å². The van der Waals surface area contributed by atoms with E-state index in [4.69, 9.17) is 28.3 Å². The second kappa shape index (κ2) is 7.41. The van der Waals surface area contributed by atoms with Gasteiger partial charge in [0.05, 0.1) is 12.6 Å². The number of aliphatic hydroxyl groups excluding tert-OH is 1. The highest BCUT2D eigenvalue weighted by Crippen LogP contribution is 2.25. The van der Waals surface area contributed by atoms with E-state index in [0.717, 1.165) is 0 Å². The number of rotatable bonds is 5. The van der Waals surface area contributed by atoms with Crippen molar-refractivity contribution in [3.8, 4) is 0 Å². The number of nitrogens with one attached hydrogen (secondary N) is 1. The van der Waals surface area contributed by atoms with Crippen LogP contribution in [-0.2, 0) is 4.79 Å². The van der Waals surface area contributed by atoms with Crippen LogP contribution in [0.4, 0.5) is 0 Å². The van der Waals surface area contributed by atoms with Gasteiger partial charge in [0.15, 0.2) is 0 Å². The monoisotopic (exact) mass is 287 g/mol. The third-order valence-corrected chi connectivity index (χ3v) is 3.12. The predicted molar refractivity (Wildman–Crippen MR) is 74.8 cm³/mol. The summed E-state index contributed by atoms with van der Waals surface area (Å²) in [5, 5.41) is 12.6. The van der Waals surface area contributed by atoms with Crippen molar-refractivity contribution in [2.45, 2.75) is 19.4 Å². The van der Waals surface area contributed by atoms with Crippen LogP contribution in [0.15, 0.2) is 24.3 Å². The van der Waals surface area contributed by atoms with Gasteiger partial charge in [0.25, 0.3) is 0 Å². The van der Waals surface area contributed by atoms with Gasteiger partial charge in [0, 0.05) is 21.7 Å². The topological polar surface area (TPSA) is 49.3 Å². The fourth-order valence-electron chi connectivity index (χ4n) is 1.36. The molecule has 0 saturated heterocycles. The summed E-state index contributed by atoms with van der Waals surface area (Å²) in [5.74, 6) is -0.285. The van der Waals surface area contributed by atoms with E-state index in [1.165, 1.54) is 6.08 Å². The normalized spacial score (nSPS) is 12.7. The van der Waals surface area contributed by atoms with Crippen LogP contribution < -0.4 is 5.32 Å². The average molecular weight is 288 g/mol. The minimum Gasteiger partial charge on any atom is -0.394 e. The number of aliphatic hydroxyl groups is 1. The Bertz CT molecular complexity index is 422. The molecule has 5 heteroatoms. The molecule has 0 aliphatic heterocycles. The van der Waals surface area contributed by atoms with Crippen LogP contribution in [0.2, 0.25) is 10.0 Å². The Kier molecular flexibility index (Phi) is 6.19. The molecule has 1 aromatic carbocycles. The van der Waals surface area contributed by atoms with Crippen LogP contribution in [0.3, 0.4) is 0 Å². The van der Waals surface area contributed by atoms with Gasteiger partial charge in [-0.15, -0.1) is 0 Å². The molecule has 0 aliphatic rings. The number of carbonyl (C=O) groups excluding carboxylic acids is 1. The molecule has 0 saturated carbocycles. The Morgan fingerprint density at radius 3 is 2.56 bits per heavy atom. The minimum absolute atomic E-state index is 0.0804. The maximum atomic E-state index is 11.6. The number of benzene rings is 1. The molecule has 18 heavy (non-hydrogen) atoms. The fourth-order valence-corrected chi connectivity index (χ4v) is 1.88. The highest BCUT2D eigenvalue weighted by Gasteiger charge is 2.07. The van der Waals surface area contributed by atoms with Crippen molar-refractivity contribution >= 4 is 35.2 Å². The minimum atomic E-state index is -0.285. The van der Waals surface area contributed by atoms with Crippen molar-refractivity contribution in [2.24, 2.45) is 0 Å². The summed E-state index contributed by atoms with van der Waals surface area (Å²) in [6, 6.07) is 4.91. The first-order valence-electron chi connectivity index (χ1n) is 5.62. The lowest BCUT2D eigenvalue weighted by Gasteiger charge is -2.11. The third-order valence-electron chi connectivity index (χ3n) is 2.46. The molecule has 0 fully saturated rings. The van der Waals surface area contributed by atoms with Crippen molar-refractivity contribution in [1.29, 1.82) is 0 Å². The van der Waals surface area contributed by atoms with Gasteiger partial charge in [0.1, 0.15) is 0 Å². The summed E-state index contributed by atoms with van der Waals surface area (Å²) in [5.41, 5.74) is 0.605. The first kappa shape index (κ1) is 15.0. The Morgan fingerprint density at radius 2 is 2.06 bits per heavy atom. The second-order valence-electron chi connectivity index (χ2n) is 3.77. The molecule has 3 nitrogen and oxygen atoms in total. The van der Waals surface area contributed by atoms with Crippen molar-refractivity contribution in [2.75, 3.05) is 6.61 Å². The molecular weight excluding hydrogens is 273 g/mol. The van der Waals surface area contributed by atoms with E-state index >= 15 is 0 Å². The van der Waals surface area contributed by atoms with Crippen LogP contribution in [-0.4, -0.2) is 23.7 Å². The van der Waals surface area contributed by atoms with Gasteiger partial charge in [-0.2, -0.15) is 0 Å². The lowest BCUT2D eigenvalue weighted by atomic mass is 10.2. The SMILES string of the molecule is CC[C@@H](CO)NC(=O)/C=C/c1c(Cl)cccc1Cl. The Hall–Kier alpha value is -1.03.